The summed E-state index contributed by atoms with van der Waals surface area (Å²) < 4.78 is 32.3. The van der Waals surface area contributed by atoms with Gasteiger partial charge in [0.1, 0.15) is 0 Å². The van der Waals surface area contributed by atoms with Gasteiger partial charge in [-0.2, -0.15) is 17.0 Å². The van der Waals surface area contributed by atoms with E-state index in [1.165, 1.54) is 8.61 Å². The average molecular weight is 265 g/mol. The molecule has 0 aromatic rings. The molecule has 0 aromatic carbocycles. The number of nitrogens with two attached hydrogens (primary N) is 1. The highest BCUT2D eigenvalue weighted by atomic mass is 32.2. The van der Waals surface area contributed by atoms with E-state index < -0.39 is 10.2 Å². The first kappa shape index (κ1) is 14.8. The predicted octanol–water partition coefficient (Wildman–Crippen LogP) is -0.520. The quantitative estimate of drug-likeness (QED) is 0.672. The minimum atomic E-state index is -3.31. The third-order valence-corrected chi connectivity index (χ3v) is 5.00. The fourth-order valence-electron chi connectivity index (χ4n) is 2.00. The smallest absolute Gasteiger partial charge is 0.281 e. The van der Waals surface area contributed by atoms with Crippen LogP contribution in [-0.2, 0) is 14.9 Å². The van der Waals surface area contributed by atoms with Crippen LogP contribution in [0.3, 0.4) is 0 Å². The molecule has 102 valence electrons. The van der Waals surface area contributed by atoms with Crippen LogP contribution in [0.5, 0.6) is 0 Å². The van der Waals surface area contributed by atoms with E-state index in [9.17, 15) is 8.42 Å². The van der Waals surface area contributed by atoms with Crippen LogP contribution in [0.4, 0.5) is 0 Å². The Hall–Kier alpha value is -0.210. The van der Waals surface area contributed by atoms with Gasteiger partial charge in [0, 0.05) is 33.8 Å². The van der Waals surface area contributed by atoms with Crippen molar-refractivity contribution in [3.8, 4) is 0 Å². The van der Waals surface area contributed by atoms with Crippen LogP contribution in [0.2, 0.25) is 0 Å². The van der Waals surface area contributed by atoms with E-state index in [2.05, 4.69) is 0 Å². The number of ether oxygens (including phenoxy) is 1. The average Bonchev–Trinajstić information content (AvgIpc) is 2.75. The number of methoxy groups -OCH3 is 1. The first-order valence-corrected chi connectivity index (χ1v) is 7.32. The van der Waals surface area contributed by atoms with Crippen LogP contribution in [0.1, 0.15) is 12.8 Å². The molecule has 0 bridgehead atoms. The molecule has 0 amide bonds. The van der Waals surface area contributed by atoms with Gasteiger partial charge < -0.3 is 10.5 Å². The molecule has 0 saturated carbocycles. The molecule has 1 fully saturated rings. The SMILES string of the molecule is COCC1CCN(S(=O)(=O)N(C)CCCN)C1. The zero-order valence-corrected chi connectivity index (χ0v) is 11.4. The zero-order chi connectivity index (χ0) is 12.9. The lowest BCUT2D eigenvalue weighted by atomic mass is 10.1. The molecule has 1 unspecified atom stereocenters. The van der Waals surface area contributed by atoms with Crippen molar-refractivity contribution in [2.24, 2.45) is 11.7 Å². The largest absolute Gasteiger partial charge is 0.384 e. The molecule has 2 N–H and O–H groups in total. The summed E-state index contributed by atoms with van der Waals surface area (Å²) in [6.45, 7) is 2.75. The Balaban J connectivity index is 2.53. The van der Waals surface area contributed by atoms with Crippen molar-refractivity contribution in [3.63, 3.8) is 0 Å². The molecule has 0 radical (unpaired) electrons. The summed E-state index contributed by atoms with van der Waals surface area (Å²) >= 11 is 0. The van der Waals surface area contributed by atoms with Crippen LogP contribution in [0.25, 0.3) is 0 Å². The molecule has 0 spiro atoms. The van der Waals surface area contributed by atoms with Crippen molar-refractivity contribution in [3.05, 3.63) is 0 Å². The van der Waals surface area contributed by atoms with E-state index in [1.807, 2.05) is 0 Å². The van der Waals surface area contributed by atoms with Gasteiger partial charge in [-0.3, -0.25) is 0 Å². The van der Waals surface area contributed by atoms with Gasteiger partial charge in [-0.1, -0.05) is 0 Å². The molecule has 1 atom stereocenters. The summed E-state index contributed by atoms with van der Waals surface area (Å²) in [7, 11) is -0.0574. The minimum absolute atomic E-state index is 0.317. The van der Waals surface area contributed by atoms with E-state index in [0.717, 1.165) is 6.42 Å². The molecule has 1 saturated heterocycles. The molecule has 0 aliphatic carbocycles. The van der Waals surface area contributed by atoms with E-state index in [-0.39, 0.29) is 0 Å². The van der Waals surface area contributed by atoms with E-state index in [0.29, 0.717) is 45.1 Å². The Bertz CT molecular complexity index is 321. The lowest BCUT2D eigenvalue weighted by molar-refractivity contribution is 0.157. The van der Waals surface area contributed by atoms with Crippen LogP contribution in [0.15, 0.2) is 0 Å². The highest BCUT2D eigenvalue weighted by molar-refractivity contribution is 7.86. The van der Waals surface area contributed by atoms with Crippen molar-refractivity contribution >= 4 is 10.2 Å². The summed E-state index contributed by atoms with van der Waals surface area (Å²) in [5.41, 5.74) is 5.38. The van der Waals surface area contributed by atoms with E-state index >= 15 is 0 Å². The highest BCUT2D eigenvalue weighted by Crippen LogP contribution is 2.21. The topological polar surface area (TPSA) is 75.9 Å². The molecule has 17 heavy (non-hydrogen) atoms. The molecule has 1 aliphatic heterocycles. The molecule has 7 heteroatoms. The predicted molar refractivity (Wildman–Crippen MR) is 66.8 cm³/mol. The van der Waals surface area contributed by atoms with E-state index in [4.69, 9.17) is 10.5 Å². The van der Waals surface area contributed by atoms with Crippen molar-refractivity contribution in [1.29, 1.82) is 0 Å². The summed E-state index contributed by atoms with van der Waals surface area (Å²) in [4.78, 5) is 0. The number of rotatable bonds is 7. The minimum Gasteiger partial charge on any atom is -0.384 e. The summed E-state index contributed by atoms with van der Waals surface area (Å²) in [6, 6.07) is 0. The Kier molecular flexibility index (Phi) is 5.81. The third-order valence-electron chi connectivity index (χ3n) is 3.05. The first-order chi connectivity index (χ1) is 8.02. The third kappa shape index (κ3) is 3.89. The molecule has 1 heterocycles. The van der Waals surface area contributed by atoms with Gasteiger partial charge in [0.15, 0.2) is 0 Å². The number of nitrogens with zero attached hydrogens (tertiary/aromatic N) is 2. The molecular formula is C10H23N3O3S. The second kappa shape index (κ2) is 6.65. The molecular weight excluding hydrogens is 242 g/mol. The lowest BCUT2D eigenvalue weighted by Crippen LogP contribution is -2.41. The molecule has 1 aliphatic rings. The Morgan fingerprint density at radius 1 is 1.53 bits per heavy atom. The standard InChI is InChI=1S/C10H23N3O3S/c1-12(6-3-5-11)17(14,15)13-7-4-10(8-13)9-16-2/h10H,3-9,11H2,1-2H3. The summed E-state index contributed by atoms with van der Waals surface area (Å²) in [6.07, 6.45) is 1.56. The maximum atomic E-state index is 12.2. The molecule has 1 rings (SSSR count). The van der Waals surface area contributed by atoms with Gasteiger partial charge in [-0.05, 0) is 25.3 Å². The van der Waals surface area contributed by atoms with Gasteiger partial charge in [0.05, 0.1) is 6.61 Å². The Morgan fingerprint density at radius 2 is 2.24 bits per heavy atom. The summed E-state index contributed by atoms with van der Waals surface area (Å²) in [5, 5.41) is 0. The maximum Gasteiger partial charge on any atom is 0.281 e. The fourth-order valence-corrected chi connectivity index (χ4v) is 3.49. The van der Waals surface area contributed by atoms with Crippen LogP contribution in [0, 0.1) is 5.92 Å². The zero-order valence-electron chi connectivity index (χ0n) is 10.6. The van der Waals surface area contributed by atoms with E-state index in [1.54, 1.807) is 14.2 Å². The van der Waals surface area contributed by atoms with Crippen molar-refractivity contribution in [1.82, 2.24) is 8.61 Å². The van der Waals surface area contributed by atoms with Gasteiger partial charge >= 0.3 is 0 Å². The number of hydrogen-bond acceptors (Lipinski definition) is 4. The Morgan fingerprint density at radius 3 is 2.82 bits per heavy atom. The van der Waals surface area contributed by atoms with Crippen molar-refractivity contribution in [2.45, 2.75) is 12.8 Å². The van der Waals surface area contributed by atoms with Crippen LogP contribution >= 0.6 is 0 Å². The van der Waals surface area contributed by atoms with Gasteiger partial charge in [0.2, 0.25) is 0 Å². The molecule has 6 nitrogen and oxygen atoms in total. The monoisotopic (exact) mass is 265 g/mol. The molecule has 0 aromatic heterocycles. The van der Waals surface area contributed by atoms with Gasteiger partial charge in [-0.15, -0.1) is 0 Å². The van der Waals surface area contributed by atoms with Crippen LogP contribution in [-0.4, -0.2) is 64.0 Å². The second-order valence-electron chi connectivity index (χ2n) is 4.44. The number of hydrogen-bond donors (Lipinski definition) is 1. The fraction of sp³-hybridized carbons (Fsp3) is 1.00. The van der Waals surface area contributed by atoms with Crippen molar-refractivity contribution in [2.75, 3.05) is 46.9 Å². The van der Waals surface area contributed by atoms with Crippen LogP contribution < -0.4 is 5.73 Å². The van der Waals surface area contributed by atoms with Crippen molar-refractivity contribution < 1.29 is 13.2 Å². The highest BCUT2D eigenvalue weighted by Gasteiger charge is 2.33. The Labute approximate surface area is 104 Å². The maximum absolute atomic E-state index is 12.2. The first-order valence-electron chi connectivity index (χ1n) is 5.92. The normalized spacial score (nSPS) is 22.5. The summed E-state index contributed by atoms with van der Waals surface area (Å²) in [5.74, 6) is 0.317. The van der Waals surface area contributed by atoms with Gasteiger partial charge in [0.25, 0.3) is 10.2 Å². The second-order valence-corrected chi connectivity index (χ2v) is 6.48. The van der Waals surface area contributed by atoms with Gasteiger partial charge in [-0.25, -0.2) is 0 Å². The lowest BCUT2D eigenvalue weighted by Gasteiger charge is -2.23.